The Labute approximate surface area is 207 Å². The van der Waals surface area contributed by atoms with Crippen LogP contribution in [0.3, 0.4) is 0 Å². The molecule has 2 saturated heterocycles. The largest absolute Gasteiger partial charge is 0.416 e. The number of guanidine groups is 1. The minimum absolute atomic E-state index is 0. The number of likely N-dealkylation sites (tertiary alicyclic amines) is 2. The summed E-state index contributed by atoms with van der Waals surface area (Å²) in [6, 6.07) is 6.37. The number of hydrogen-bond donors (Lipinski definition) is 2. The highest BCUT2D eigenvalue weighted by Gasteiger charge is 2.30. The SMILES string of the molecule is CN=C(NCC1CCCN(C(C)C)C1)NC1CCN(Cc2ccc(C(F)(F)F)cc2)C1.I. The first-order valence-electron chi connectivity index (χ1n) is 11.3. The molecular weight excluding hydrogens is 530 g/mol. The molecule has 2 aliphatic heterocycles. The smallest absolute Gasteiger partial charge is 0.356 e. The topological polar surface area (TPSA) is 42.9 Å². The van der Waals surface area contributed by atoms with Crippen molar-refractivity contribution in [2.75, 3.05) is 39.8 Å². The molecular formula is C23H37F3IN5. The predicted molar refractivity (Wildman–Crippen MR) is 134 cm³/mol. The number of rotatable bonds is 6. The maximum absolute atomic E-state index is 12.7. The van der Waals surface area contributed by atoms with Crippen LogP contribution in [0.4, 0.5) is 13.2 Å². The first kappa shape index (κ1) is 27.2. The zero-order chi connectivity index (χ0) is 22.4. The summed E-state index contributed by atoms with van der Waals surface area (Å²) in [7, 11) is 1.80. The van der Waals surface area contributed by atoms with E-state index >= 15 is 0 Å². The highest BCUT2D eigenvalue weighted by atomic mass is 127. The minimum atomic E-state index is -4.28. The number of aliphatic imine (C=N–C) groups is 1. The van der Waals surface area contributed by atoms with Crippen molar-refractivity contribution >= 4 is 29.9 Å². The average molecular weight is 567 g/mol. The monoisotopic (exact) mass is 567 g/mol. The van der Waals surface area contributed by atoms with Crippen LogP contribution in [0, 0.1) is 5.92 Å². The molecule has 0 aromatic heterocycles. The number of halogens is 4. The molecule has 1 aromatic rings. The molecule has 0 bridgehead atoms. The van der Waals surface area contributed by atoms with Gasteiger partial charge in [-0.05, 0) is 63.3 Å². The fourth-order valence-corrected chi connectivity index (χ4v) is 4.51. The molecule has 1 aromatic carbocycles. The lowest BCUT2D eigenvalue weighted by molar-refractivity contribution is -0.137. The Morgan fingerprint density at radius 3 is 2.47 bits per heavy atom. The lowest BCUT2D eigenvalue weighted by Gasteiger charge is -2.35. The van der Waals surface area contributed by atoms with E-state index in [0.717, 1.165) is 44.1 Å². The molecule has 0 spiro atoms. The molecule has 182 valence electrons. The van der Waals surface area contributed by atoms with E-state index in [-0.39, 0.29) is 24.0 Å². The van der Waals surface area contributed by atoms with Crippen molar-refractivity contribution in [3.05, 3.63) is 35.4 Å². The highest BCUT2D eigenvalue weighted by molar-refractivity contribution is 14.0. The summed E-state index contributed by atoms with van der Waals surface area (Å²) in [6.07, 6.45) is -0.795. The predicted octanol–water partition coefficient (Wildman–Crippen LogP) is 4.18. The van der Waals surface area contributed by atoms with Crippen molar-refractivity contribution < 1.29 is 13.2 Å². The number of hydrogen-bond acceptors (Lipinski definition) is 3. The molecule has 0 saturated carbocycles. The molecule has 2 fully saturated rings. The van der Waals surface area contributed by atoms with E-state index in [0.29, 0.717) is 24.5 Å². The fraction of sp³-hybridized carbons (Fsp3) is 0.696. The highest BCUT2D eigenvalue weighted by Crippen LogP contribution is 2.29. The zero-order valence-electron chi connectivity index (χ0n) is 19.3. The normalized spacial score (nSPS) is 23.3. The lowest BCUT2D eigenvalue weighted by Crippen LogP contribution is -2.48. The van der Waals surface area contributed by atoms with Crippen LogP contribution in [0.15, 0.2) is 29.3 Å². The number of alkyl halides is 3. The van der Waals surface area contributed by atoms with E-state index in [2.05, 4.69) is 39.3 Å². The quantitative estimate of drug-likeness (QED) is 0.308. The van der Waals surface area contributed by atoms with Gasteiger partial charge in [-0.15, -0.1) is 24.0 Å². The van der Waals surface area contributed by atoms with Crippen LogP contribution in [0.5, 0.6) is 0 Å². The minimum Gasteiger partial charge on any atom is -0.356 e. The molecule has 2 heterocycles. The second kappa shape index (κ2) is 12.4. The second-order valence-electron chi connectivity index (χ2n) is 9.11. The standard InChI is InChI=1S/C23H36F3N5.HI/c1-17(2)31-11-4-5-19(15-31)13-28-22(27-3)29-21-10-12-30(16-21)14-18-6-8-20(9-7-18)23(24,25)26;/h6-9,17,19,21H,4-5,10-16H2,1-3H3,(H2,27,28,29);1H. The van der Waals surface area contributed by atoms with E-state index in [9.17, 15) is 13.2 Å². The van der Waals surface area contributed by atoms with Crippen LogP contribution in [0.25, 0.3) is 0 Å². The summed E-state index contributed by atoms with van der Waals surface area (Å²) in [5, 5.41) is 7.02. The molecule has 0 amide bonds. The van der Waals surface area contributed by atoms with Gasteiger partial charge < -0.3 is 15.5 Å². The maximum atomic E-state index is 12.7. The van der Waals surface area contributed by atoms with Crippen LogP contribution in [-0.2, 0) is 12.7 Å². The van der Waals surface area contributed by atoms with Gasteiger partial charge in [0, 0.05) is 51.9 Å². The van der Waals surface area contributed by atoms with E-state index in [1.807, 2.05) is 0 Å². The van der Waals surface area contributed by atoms with Crippen molar-refractivity contribution in [2.45, 2.75) is 57.9 Å². The van der Waals surface area contributed by atoms with Gasteiger partial charge in [0.2, 0.25) is 0 Å². The van der Waals surface area contributed by atoms with Gasteiger partial charge in [0.25, 0.3) is 0 Å². The third kappa shape index (κ3) is 8.06. The van der Waals surface area contributed by atoms with Gasteiger partial charge >= 0.3 is 6.18 Å². The van der Waals surface area contributed by atoms with Gasteiger partial charge in [0.05, 0.1) is 5.56 Å². The Bertz CT molecular complexity index is 723. The molecule has 32 heavy (non-hydrogen) atoms. The van der Waals surface area contributed by atoms with E-state index in [1.54, 1.807) is 19.2 Å². The van der Waals surface area contributed by atoms with Crippen LogP contribution in [0.2, 0.25) is 0 Å². The molecule has 2 atom stereocenters. The molecule has 9 heteroatoms. The number of piperidine rings is 1. The summed E-state index contributed by atoms with van der Waals surface area (Å²) < 4.78 is 38.2. The summed E-state index contributed by atoms with van der Waals surface area (Å²) in [4.78, 5) is 9.20. The summed E-state index contributed by atoms with van der Waals surface area (Å²) >= 11 is 0. The van der Waals surface area contributed by atoms with Crippen molar-refractivity contribution in [3.8, 4) is 0 Å². The van der Waals surface area contributed by atoms with Gasteiger partial charge in [-0.25, -0.2) is 0 Å². The number of benzene rings is 1. The lowest BCUT2D eigenvalue weighted by atomic mass is 9.97. The molecule has 2 aliphatic rings. The van der Waals surface area contributed by atoms with Crippen LogP contribution in [-0.4, -0.2) is 67.6 Å². The fourth-order valence-electron chi connectivity index (χ4n) is 4.51. The molecule has 2 unspecified atom stereocenters. The third-order valence-corrected chi connectivity index (χ3v) is 6.36. The van der Waals surface area contributed by atoms with Crippen molar-refractivity contribution in [2.24, 2.45) is 10.9 Å². The van der Waals surface area contributed by atoms with Crippen molar-refractivity contribution in [1.82, 2.24) is 20.4 Å². The summed E-state index contributed by atoms with van der Waals surface area (Å²) in [5.41, 5.74) is 0.310. The van der Waals surface area contributed by atoms with Gasteiger partial charge in [-0.1, -0.05) is 12.1 Å². The Kier molecular flexibility index (Phi) is 10.5. The third-order valence-electron chi connectivity index (χ3n) is 6.36. The van der Waals surface area contributed by atoms with Gasteiger partial charge in [-0.2, -0.15) is 13.2 Å². The van der Waals surface area contributed by atoms with Crippen LogP contribution >= 0.6 is 24.0 Å². The first-order valence-corrected chi connectivity index (χ1v) is 11.3. The molecule has 2 N–H and O–H groups in total. The molecule has 3 rings (SSSR count). The zero-order valence-corrected chi connectivity index (χ0v) is 21.6. The molecule has 0 aliphatic carbocycles. The molecule has 0 radical (unpaired) electrons. The Morgan fingerprint density at radius 1 is 1.12 bits per heavy atom. The maximum Gasteiger partial charge on any atom is 0.416 e. The van der Waals surface area contributed by atoms with Crippen molar-refractivity contribution in [3.63, 3.8) is 0 Å². The van der Waals surface area contributed by atoms with Crippen LogP contribution < -0.4 is 10.6 Å². The first-order chi connectivity index (χ1) is 14.7. The number of nitrogens with zero attached hydrogens (tertiary/aromatic N) is 3. The van der Waals surface area contributed by atoms with E-state index < -0.39 is 11.7 Å². The number of nitrogens with one attached hydrogen (secondary N) is 2. The summed E-state index contributed by atoms with van der Waals surface area (Å²) in [6.45, 7) is 10.2. The van der Waals surface area contributed by atoms with Gasteiger partial charge in [0.15, 0.2) is 5.96 Å². The Hall–Kier alpha value is -1.07. The molecule has 5 nitrogen and oxygen atoms in total. The summed E-state index contributed by atoms with van der Waals surface area (Å²) in [5.74, 6) is 1.47. The van der Waals surface area contributed by atoms with Gasteiger partial charge in [-0.3, -0.25) is 9.89 Å². The van der Waals surface area contributed by atoms with E-state index in [4.69, 9.17) is 0 Å². The van der Waals surface area contributed by atoms with Gasteiger partial charge in [0.1, 0.15) is 0 Å². The van der Waals surface area contributed by atoms with Crippen LogP contribution in [0.1, 0.15) is 44.2 Å². The average Bonchev–Trinajstić information content (AvgIpc) is 3.17. The second-order valence-corrected chi connectivity index (χ2v) is 9.11. The van der Waals surface area contributed by atoms with Crippen molar-refractivity contribution in [1.29, 1.82) is 0 Å². The Balaban J connectivity index is 0.00000363. The Morgan fingerprint density at radius 2 is 1.84 bits per heavy atom. The van der Waals surface area contributed by atoms with E-state index in [1.165, 1.54) is 31.5 Å².